The number of hydrogen-bond acceptors (Lipinski definition) is 1. The van der Waals surface area contributed by atoms with Gasteiger partial charge in [-0.3, -0.25) is 0 Å². The molecule has 1 nitrogen and oxygen atoms in total. The summed E-state index contributed by atoms with van der Waals surface area (Å²) in [5.41, 5.74) is 2.28. The van der Waals surface area contributed by atoms with Crippen molar-refractivity contribution >= 4 is 32.0 Å². The molecular weight excluding hydrogens is 621 g/mol. The molecule has 0 radical (unpaired) electrons. The van der Waals surface area contributed by atoms with E-state index in [-0.39, 0.29) is 5.82 Å². The number of halogens is 1. The maximum atomic E-state index is 14.4. The Morgan fingerprint density at radius 2 is 1.21 bits per heavy atom. The van der Waals surface area contributed by atoms with Gasteiger partial charge in [-0.05, 0) is 0 Å². The summed E-state index contributed by atoms with van der Waals surface area (Å²) in [5, 5.41) is 2.27. The van der Waals surface area contributed by atoms with Crippen LogP contribution in [0, 0.1) is 22.8 Å². The summed E-state index contributed by atoms with van der Waals surface area (Å²) in [6, 6.07) is 39.4. The van der Waals surface area contributed by atoms with E-state index >= 15 is 0 Å². The van der Waals surface area contributed by atoms with Crippen LogP contribution < -0.4 is 15.9 Å². The molecule has 0 atom stereocenters. The van der Waals surface area contributed by atoms with E-state index in [0.29, 0.717) is 10.9 Å². The van der Waals surface area contributed by atoms with E-state index in [1.54, 1.807) is 12.1 Å². The van der Waals surface area contributed by atoms with Crippen LogP contribution in [0.15, 0.2) is 115 Å². The minimum atomic E-state index is -2.34. The van der Waals surface area contributed by atoms with Crippen molar-refractivity contribution in [2.45, 2.75) is 6.92 Å². The molecule has 0 N–H and O–H groups in total. The molecule has 0 aliphatic heterocycles. The van der Waals surface area contributed by atoms with E-state index in [1.807, 2.05) is 13.0 Å². The first-order chi connectivity index (χ1) is 16.7. The Bertz CT molecular complexity index is 1400. The fraction of sp³-hybridized carbons (Fsp3) is 0.0333. The third kappa shape index (κ3) is 4.37. The second kappa shape index (κ2) is 10.1. The second-order valence-corrected chi connectivity index (χ2v) is 18.0. The van der Waals surface area contributed by atoms with Crippen LogP contribution in [0.2, 0.25) is 0 Å². The van der Waals surface area contributed by atoms with Gasteiger partial charge < -0.3 is 0 Å². The Kier molecular flexibility index (Phi) is 6.73. The maximum absolute atomic E-state index is 14.4. The Balaban J connectivity index is 1.69. The number of aromatic nitrogens is 1. The van der Waals surface area contributed by atoms with Gasteiger partial charge in [-0.15, -0.1) is 0 Å². The van der Waals surface area contributed by atoms with Gasteiger partial charge in [-0.1, -0.05) is 0 Å². The fourth-order valence-electron chi connectivity index (χ4n) is 4.09. The molecule has 171 valence electrons. The van der Waals surface area contributed by atoms with Crippen molar-refractivity contribution in [3.63, 3.8) is 0 Å². The quantitative estimate of drug-likeness (QED) is 0.139. The molecule has 0 amide bonds. The van der Waals surface area contributed by atoms with Gasteiger partial charge in [0.05, 0.1) is 0 Å². The van der Waals surface area contributed by atoms with Crippen LogP contribution in [-0.2, 0) is 19.2 Å². The molecule has 0 fully saturated rings. The van der Waals surface area contributed by atoms with Crippen LogP contribution in [0.5, 0.6) is 0 Å². The summed E-state index contributed by atoms with van der Waals surface area (Å²) in [7, 11) is 0. The van der Waals surface area contributed by atoms with Crippen LogP contribution in [0.1, 0.15) is 11.3 Å². The minimum absolute atomic E-state index is 0.261. The van der Waals surface area contributed by atoms with Gasteiger partial charge in [0.25, 0.3) is 0 Å². The number of pyridine rings is 1. The fourth-order valence-corrected chi connectivity index (χ4v) is 15.4. The van der Waals surface area contributed by atoms with Gasteiger partial charge in [0.2, 0.25) is 0 Å². The summed E-state index contributed by atoms with van der Waals surface area (Å²) in [5.74, 6) is 3.14. The molecule has 1 heterocycles. The van der Waals surface area contributed by atoms with Gasteiger partial charge in [-0.25, -0.2) is 0 Å². The molecule has 0 spiro atoms. The number of hydrogen-bond donors (Lipinski definition) is 0. The first kappa shape index (κ1) is 22.7. The van der Waals surface area contributed by atoms with Crippen molar-refractivity contribution in [3.8, 4) is 10.1 Å². The van der Waals surface area contributed by atoms with Gasteiger partial charge in [0.1, 0.15) is 0 Å². The second-order valence-electron chi connectivity index (χ2n) is 7.92. The Morgan fingerprint density at radius 3 is 1.74 bits per heavy atom. The van der Waals surface area contributed by atoms with E-state index in [1.165, 1.54) is 22.0 Å². The zero-order valence-electron chi connectivity index (χ0n) is 18.6. The third-order valence-electron chi connectivity index (χ3n) is 5.71. The van der Waals surface area contributed by atoms with Crippen molar-refractivity contribution in [3.05, 3.63) is 132 Å². The summed E-state index contributed by atoms with van der Waals surface area (Å²) in [6.45, 7) is 1.92. The van der Waals surface area contributed by atoms with E-state index < -0.39 is 24.4 Å². The summed E-state index contributed by atoms with van der Waals surface area (Å²) in [6.07, 6.45) is 0. The monoisotopic (exact) mass is 644 g/mol. The van der Waals surface area contributed by atoms with Crippen LogP contribution in [0.25, 0.3) is 10.9 Å². The van der Waals surface area contributed by atoms with E-state index in [4.69, 9.17) is 0 Å². The number of rotatable bonds is 4. The zero-order valence-corrected chi connectivity index (χ0v) is 21.8. The normalized spacial score (nSPS) is 11.7. The van der Waals surface area contributed by atoms with Crippen molar-refractivity contribution in [1.82, 2.24) is 4.98 Å². The molecule has 0 unspecified atom stereocenters. The van der Waals surface area contributed by atoms with Crippen LogP contribution >= 0.6 is 5.15 Å². The van der Waals surface area contributed by atoms with Crippen molar-refractivity contribution in [2.24, 2.45) is 0 Å². The molecule has 0 aliphatic rings. The summed E-state index contributed by atoms with van der Waals surface area (Å²) in [4.78, 5) is 4.61. The van der Waals surface area contributed by atoms with E-state index in [0.717, 1.165) is 11.3 Å². The van der Waals surface area contributed by atoms with Gasteiger partial charge in [-0.2, -0.15) is 0 Å². The molecular formula is C30H23AuFNP. The molecule has 34 heavy (non-hydrogen) atoms. The predicted octanol–water partition coefficient (Wildman–Crippen LogP) is 5.72. The molecule has 0 aliphatic carbocycles. The molecule has 4 heteroatoms. The molecule has 0 saturated carbocycles. The van der Waals surface area contributed by atoms with Crippen LogP contribution in [0.4, 0.5) is 4.39 Å². The number of aryl methyl sites for hydroxylation is 1. The third-order valence-corrected chi connectivity index (χ3v) is 18.4. The van der Waals surface area contributed by atoms with Crippen molar-refractivity contribution in [1.29, 1.82) is 0 Å². The Morgan fingerprint density at radius 1 is 0.676 bits per heavy atom. The summed E-state index contributed by atoms with van der Waals surface area (Å²) < 4.78 is 18.0. The van der Waals surface area contributed by atoms with Crippen molar-refractivity contribution < 1.29 is 23.6 Å². The Labute approximate surface area is 209 Å². The first-order valence-corrected chi connectivity index (χ1v) is 17.1. The van der Waals surface area contributed by atoms with E-state index in [9.17, 15) is 4.39 Å². The van der Waals surface area contributed by atoms with Crippen LogP contribution in [-0.4, -0.2) is 4.98 Å². The number of fused-ring (bicyclic) bond motifs is 1. The molecule has 1 aromatic heterocycles. The average Bonchev–Trinajstić information content (AvgIpc) is 2.89. The standard InChI is InChI=1S/C18H15P.C12H7FN.Au/c1-4-10-16(11-5-1)19(17-12-6-2-7-13-17)18-14-8-3-9-15-18;1-3-9-5-7-11(13)10-6-4-8(2)14-12(9)10;/h1-15H;4-7H,2H3;/q;;-1/p+1. The Hall–Kier alpha value is -3.05. The van der Waals surface area contributed by atoms with Crippen molar-refractivity contribution in [2.75, 3.05) is 0 Å². The zero-order chi connectivity index (χ0) is 23.4. The molecule has 4 aromatic carbocycles. The van der Waals surface area contributed by atoms with Gasteiger partial charge >= 0.3 is 210 Å². The molecule has 0 saturated heterocycles. The van der Waals surface area contributed by atoms with E-state index in [2.05, 4.69) is 106 Å². The molecule has 5 aromatic rings. The number of benzene rings is 4. The van der Waals surface area contributed by atoms with Gasteiger partial charge in [0.15, 0.2) is 0 Å². The first-order valence-electron chi connectivity index (χ1n) is 11.0. The predicted molar refractivity (Wildman–Crippen MR) is 140 cm³/mol. The summed E-state index contributed by atoms with van der Waals surface area (Å²) >= 11 is -0.454. The van der Waals surface area contributed by atoms with Crippen LogP contribution in [0.3, 0.4) is 0 Å². The molecule has 0 bridgehead atoms. The topological polar surface area (TPSA) is 12.9 Å². The van der Waals surface area contributed by atoms with Gasteiger partial charge in [0, 0.05) is 0 Å². The number of nitrogens with zero attached hydrogens (tertiary/aromatic N) is 1. The average molecular weight is 644 g/mol. The molecule has 5 rings (SSSR count). The SMILES string of the molecule is Cc1ccc2c(F)ccc(C#[C][Au][PH](c3ccccc3)(c3ccccc3)c3ccccc3)c2n1.